The van der Waals surface area contributed by atoms with Crippen LogP contribution in [-0.4, -0.2) is 18.1 Å². The molecule has 0 bridgehead atoms. The first-order chi connectivity index (χ1) is 8.33. The number of hydrogen-bond acceptors (Lipinski definition) is 4. The molecule has 0 radical (unpaired) electrons. The number of nitrogens with one attached hydrogen (secondary N) is 1. The smallest absolute Gasteiger partial charge is 0.394 e. The molecule has 2 rings (SSSR count). The number of hydrogen-bond donors (Lipinski definition) is 1. The molecule has 1 aromatic rings. The quantitative estimate of drug-likeness (QED) is 0.856. The summed E-state index contributed by atoms with van der Waals surface area (Å²) in [6.45, 7) is 2.95. The summed E-state index contributed by atoms with van der Waals surface area (Å²) in [6.07, 6.45) is 8.54. The van der Waals surface area contributed by atoms with E-state index in [2.05, 4.69) is 17.2 Å². The summed E-state index contributed by atoms with van der Waals surface area (Å²) in [5, 5.41) is 3.04. The number of oxazole rings is 1. The number of nitrogens with zero attached hydrogens (tertiary/aromatic N) is 1. The van der Waals surface area contributed by atoms with Gasteiger partial charge in [-0.15, -0.1) is 0 Å². The Hall–Kier alpha value is -1.03. The molecule has 1 N–H and O–H groups in total. The SMILES string of the molecule is CCC1CCCCC1Oc1nc(CNC)co1. The monoisotopic (exact) mass is 238 g/mol. The minimum Gasteiger partial charge on any atom is -0.447 e. The van der Waals surface area contributed by atoms with E-state index in [-0.39, 0.29) is 6.10 Å². The van der Waals surface area contributed by atoms with E-state index < -0.39 is 0 Å². The molecule has 1 heterocycles. The predicted molar refractivity (Wildman–Crippen MR) is 65.9 cm³/mol. The van der Waals surface area contributed by atoms with Gasteiger partial charge >= 0.3 is 6.08 Å². The van der Waals surface area contributed by atoms with Crippen molar-refractivity contribution < 1.29 is 9.15 Å². The molecule has 17 heavy (non-hydrogen) atoms. The molecular weight excluding hydrogens is 216 g/mol. The standard InChI is InChI=1S/C13H22N2O2/c1-3-10-6-4-5-7-12(10)17-13-15-11(8-14-2)9-16-13/h9-10,12,14H,3-8H2,1-2H3. The van der Waals surface area contributed by atoms with Crippen molar-refractivity contribution in [3.8, 4) is 6.08 Å². The maximum absolute atomic E-state index is 5.88. The van der Waals surface area contributed by atoms with Crippen molar-refractivity contribution in [2.75, 3.05) is 7.05 Å². The Morgan fingerprint density at radius 2 is 2.29 bits per heavy atom. The zero-order valence-electron chi connectivity index (χ0n) is 10.7. The van der Waals surface area contributed by atoms with Crippen molar-refractivity contribution in [2.45, 2.75) is 51.7 Å². The topological polar surface area (TPSA) is 47.3 Å². The molecular formula is C13H22N2O2. The summed E-state index contributed by atoms with van der Waals surface area (Å²) in [6, 6.07) is 0. The first-order valence-corrected chi connectivity index (χ1v) is 6.59. The second-order valence-corrected chi connectivity index (χ2v) is 4.74. The molecule has 96 valence electrons. The van der Waals surface area contributed by atoms with Crippen molar-refractivity contribution in [1.82, 2.24) is 10.3 Å². The molecule has 4 heteroatoms. The van der Waals surface area contributed by atoms with E-state index >= 15 is 0 Å². The third-order valence-corrected chi connectivity index (χ3v) is 3.50. The largest absolute Gasteiger partial charge is 0.447 e. The first kappa shape index (κ1) is 12.4. The minimum absolute atomic E-state index is 0.287. The lowest BCUT2D eigenvalue weighted by molar-refractivity contribution is 0.0610. The van der Waals surface area contributed by atoms with Gasteiger partial charge in [0.2, 0.25) is 0 Å². The number of rotatable bonds is 5. The lowest BCUT2D eigenvalue weighted by atomic mass is 9.85. The van der Waals surface area contributed by atoms with Gasteiger partial charge < -0.3 is 14.5 Å². The van der Waals surface area contributed by atoms with Gasteiger partial charge in [0.1, 0.15) is 12.4 Å². The van der Waals surface area contributed by atoms with Crippen LogP contribution in [0.1, 0.15) is 44.7 Å². The number of ether oxygens (including phenoxy) is 1. The summed E-state index contributed by atoms with van der Waals surface area (Å²) in [7, 11) is 1.89. The van der Waals surface area contributed by atoms with Crippen LogP contribution in [0.5, 0.6) is 6.08 Å². The molecule has 0 aliphatic heterocycles. The molecule has 2 unspecified atom stereocenters. The van der Waals surface area contributed by atoms with Crippen molar-refractivity contribution in [3.63, 3.8) is 0 Å². The van der Waals surface area contributed by atoms with Gasteiger partial charge in [-0.1, -0.05) is 13.3 Å². The van der Waals surface area contributed by atoms with Crippen LogP contribution < -0.4 is 10.1 Å². The summed E-state index contributed by atoms with van der Waals surface area (Å²) in [5.41, 5.74) is 0.895. The third-order valence-electron chi connectivity index (χ3n) is 3.50. The Morgan fingerprint density at radius 3 is 3.06 bits per heavy atom. The second kappa shape index (κ2) is 6.05. The molecule has 1 saturated carbocycles. The normalized spacial score (nSPS) is 24.8. The Labute approximate surface area is 103 Å². The second-order valence-electron chi connectivity index (χ2n) is 4.74. The fourth-order valence-electron chi connectivity index (χ4n) is 2.53. The van der Waals surface area contributed by atoms with E-state index in [0.717, 1.165) is 12.1 Å². The van der Waals surface area contributed by atoms with Gasteiger partial charge in [0.05, 0.1) is 5.69 Å². The molecule has 2 atom stereocenters. The van der Waals surface area contributed by atoms with Crippen LogP contribution >= 0.6 is 0 Å². The van der Waals surface area contributed by atoms with Gasteiger partial charge in [-0.25, -0.2) is 0 Å². The van der Waals surface area contributed by atoms with Crippen LogP contribution in [0, 0.1) is 5.92 Å². The fourth-order valence-corrected chi connectivity index (χ4v) is 2.53. The lowest BCUT2D eigenvalue weighted by Crippen LogP contribution is -2.30. The van der Waals surface area contributed by atoms with Gasteiger partial charge in [0, 0.05) is 6.54 Å². The van der Waals surface area contributed by atoms with Gasteiger partial charge in [-0.05, 0) is 38.6 Å². The van der Waals surface area contributed by atoms with Crippen molar-refractivity contribution >= 4 is 0 Å². The highest BCUT2D eigenvalue weighted by molar-refractivity contribution is 5.00. The van der Waals surface area contributed by atoms with Gasteiger partial charge in [-0.2, -0.15) is 4.98 Å². The van der Waals surface area contributed by atoms with Crippen molar-refractivity contribution in [3.05, 3.63) is 12.0 Å². The minimum atomic E-state index is 0.287. The number of aromatic nitrogens is 1. The van der Waals surface area contributed by atoms with Crippen molar-refractivity contribution in [1.29, 1.82) is 0 Å². The van der Waals surface area contributed by atoms with E-state index in [4.69, 9.17) is 9.15 Å². The molecule has 1 aromatic heterocycles. The van der Waals surface area contributed by atoms with Crippen LogP contribution in [0.15, 0.2) is 10.7 Å². The van der Waals surface area contributed by atoms with Gasteiger partial charge in [-0.3, -0.25) is 0 Å². The summed E-state index contributed by atoms with van der Waals surface area (Å²) >= 11 is 0. The lowest BCUT2D eigenvalue weighted by Gasteiger charge is -2.29. The summed E-state index contributed by atoms with van der Waals surface area (Å²) in [5.74, 6) is 0.656. The average molecular weight is 238 g/mol. The zero-order chi connectivity index (χ0) is 12.1. The molecule has 1 fully saturated rings. The highest BCUT2D eigenvalue weighted by atomic mass is 16.6. The molecule has 0 spiro atoms. The first-order valence-electron chi connectivity index (χ1n) is 6.59. The maximum atomic E-state index is 5.88. The molecule has 0 amide bonds. The Bertz CT molecular complexity index is 338. The Morgan fingerprint density at radius 1 is 1.47 bits per heavy atom. The van der Waals surface area contributed by atoms with E-state index in [0.29, 0.717) is 18.5 Å². The summed E-state index contributed by atoms with van der Waals surface area (Å²) in [4.78, 5) is 4.31. The molecule has 1 aliphatic carbocycles. The highest BCUT2D eigenvalue weighted by Gasteiger charge is 2.26. The van der Waals surface area contributed by atoms with Crippen LogP contribution in [0.25, 0.3) is 0 Å². The van der Waals surface area contributed by atoms with Crippen LogP contribution in [0.3, 0.4) is 0 Å². The van der Waals surface area contributed by atoms with E-state index in [1.807, 2.05) is 7.05 Å². The van der Waals surface area contributed by atoms with Gasteiger partial charge in [0.25, 0.3) is 0 Å². The highest BCUT2D eigenvalue weighted by Crippen LogP contribution is 2.30. The zero-order valence-corrected chi connectivity index (χ0v) is 10.7. The van der Waals surface area contributed by atoms with E-state index in [9.17, 15) is 0 Å². The third kappa shape index (κ3) is 3.22. The van der Waals surface area contributed by atoms with Crippen LogP contribution in [0.4, 0.5) is 0 Å². The van der Waals surface area contributed by atoms with Gasteiger partial charge in [0.15, 0.2) is 0 Å². The molecule has 0 saturated heterocycles. The molecule has 4 nitrogen and oxygen atoms in total. The fraction of sp³-hybridized carbons (Fsp3) is 0.769. The van der Waals surface area contributed by atoms with Crippen LogP contribution in [-0.2, 0) is 6.54 Å². The van der Waals surface area contributed by atoms with Crippen molar-refractivity contribution in [2.24, 2.45) is 5.92 Å². The maximum Gasteiger partial charge on any atom is 0.394 e. The summed E-state index contributed by atoms with van der Waals surface area (Å²) < 4.78 is 11.2. The Kier molecular flexibility index (Phi) is 4.42. The molecule has 1 aliphatic rings. The van der Waals surface area contributed by atoms with Crippen LogP contribution in [0.2, 0.25) is 0 Å². The molecule has 0 aromatic carbocycles. The van der Waals surface area contributed by atoms with E-state index in [1.165, 1.54) is 25.7 Å². The Balaban J connectivity index is 1.93. The predicted octanol–water partition coefficient (Wildman–Crippen LogP) is 2.74. The average Bonchev–Trinajstić information content (AvgIpc) is 2.78. The van der Waals surface area contributed by atoms with E-state index in [1.54, 1.807) is 6.26 Å².